The summed E-state index contributed by atoms with van der Waals surface area (Å²) in [6.07, 6.45) is 6.77. The van der Waals surface area contributed by atoms with E-state index in [1.165, 1.54) is 31.9 Å². The van der Waals surface area contributed by atoms with Crippen molar-refractivity contribution in [3.63, 3.8) is 0 Å². The average molecular weight is 789 g/mol. The Morgan fingerprint density at radius 2 is 1.66 bits per heavy atom. The van der Waals surface area contributed by atoms with Gasteiger partial charge in [-0.1, -0.05) is 56.9 Å². The number of imide groups is 1. The van der Waals surface area contributed by atoms with E-state index < -0.39 is 28.5 Å². The molecule has 1 aliphatic carbocycles. The highest BCUT2D eigenvalue weighted by Crippen LogP contribution is 2.29. The summed E-state index contributed by atoms with van der Waals surface area (Å²) in [7, 11) is -1.32. The number of hydrogen-bond donors (Lipinski definition) is 3. The quantitative estimate of drug-likeness (QED) is 0.177. The molecule has 298 valence electrons. The highest BCUT2D eigenvalue weighted by atomic mass is 32.2. The topological polar surface area (TPSA) is 144 Å². The molecule has 2 aromatic heterocycles. The average Bonchev–Trinajstić information content (AvgIpc) is 3.69. The van der Waals surface area contributed by atoms with Crippen molar-refractivity contribution in [3.05, 3.63) is 87.8 Å². The number of hydrogen-bond acceptors (Lipinski definition) is 9. The molecule has 4 aliphatic rings. The summed E-state index contributed by atoms with van der Waals surface area (Å²) in [5.41, 5.74) is 1.83. The number of aromatic amines is 1. The van der Waals surface area contributed by atoms with Crippen LogP contribution in [0.2, 0.25) is 0 Å². The zero-order valence-electron chi connectivity index (χ0n) is 31.7. The van der Waals surface area contributed by atoms with E-state index in [-0.39, 0.29) is 29.4 Å². The van der Waals surface area contributed by atoms with Crippen LogP contribution in [0.5, 0.6) is 0 Å². The number of halogens is 2. The van der Waals surface area contributed by atoms with E-state index in [9.17, 15) is 27.4 Å². The highest BCUT2D eigenvalue weighted by Gasteiger charge is 2.29. The monoisotopic (exact) mass is 788 g/mol. The SMILES string of the molecule is CC1CCCC1.O=C1CCC(c2cccc(N3CCN(Cc4cccc(S(=O)N5CCC(Nc6ncc7cc(C(F)F)c(=O)[nH]c7n6)CC5)c4)CC3)c2)C(=O)N1. The zero-order chi connectivity index (χ0) is 39.2. The fraction of sp³-hybridized carbons (Fsp3) is 0.488. The van der Waals surface area contributed by atoms with Crippen LogP contribution in [0.3, 0.4) is 0 Å². The van der Waals surface area contributed by atoms with Gasteiger partial charge in [-0.05, 0) is 66.6 Å². The number of alkyl halides is 2. The van der Waals surface area contributed by atoms with Crippen LogP contribution in [0.1, 0.15) is 87.3 Å². The van der Waals surface area contributed by atoms with Crippen molar-refractivity contribution in [1.29, 1.82) is 0 Å². The molecular formula is C41H50F2N8O4S. The molecule has 1 saturated carbocycles. The minimum absolute atomic E-state index is 0.0256. The first-order valence-corrected chi connectivity index (χ1v) is 20.8. The first-order valence-electron chi connectivity index (χ1n) is 19.7. The predicted octanol–water partition coefficient (Wildman–Crippen LogP) is 5.89. The Morgan fingerprint density at radius 1 is 0.911 bits per heavy atom. The number of pyridine rings is 1. The van der Waals surface area contributed by atoms with Crippen molar-refractivity contribution in [1.82, 2.24) is 29.5 Å². The number of benzene rings is 2. The zero-order valence-corrected chi connectivity index (χ0v) is 32.5. The molecule has 4 fully saturated rings. The molecule has 3 aliphatic heterocycles. The van der Waals surface area contributed by atoms with Crippen molar-refractivity contribution in [3.8, 4) is 0 Å². The number of piperazine rings is 1. The summed E-state index contributed by atoms with van der Waals surface area (Å²) in [6.45, 7) is 7.71. The van der Waals surface area contributed by atoms with Gasteiger partial charge in [-0.2, -0.15) is 4.98 Å². The van der Waals surface area contributed by atoms with Gasteiger partial charge in [-0.25, -0.2) is 22.3 Å². The van der Waals surface area contributed by atoms with E-state index in [2.05, 4.69) is 60.5 Å². The van der Waals surface area contributed by atoms with E-state index >= 15 is 0 Å². The molecule has 0 bridgehead atoms. The van der Waals surface area contributed by atoms with Crippen molar-refractivity contribution in [2.45, 2.75) is 88.1 Å². The number of nitrogens with one attached hydrogen (secondary N) is 3. The minimum Gasteiger partial charge on any atom is -0.369 e. The number of amides is 2. The highest BCUT2D eigenvalue weighted by molar-refractivity contribution is 7.82. The number of aromatic nitrogens is 3. The second kappa shape index (κ2) is 18.1. The molecule has 15 heteroatoms. The van der Waals surface area contributed by atoms with Crippen molar-refractivity contribution in [2.75, 3.05) is 49.5 Å². The third-order valence-corrected chi connectivity index (χ3v) is 12.8. The summed E-state index contributed by atoms with van der Waals surface area (Å²) in [4.78, 5) is 52.4. The number of nitrogens with zero attached hydrogens (tertiary/aromatic N) is 5. The Bertz CT molecular complexity index is 2100. The first-order chi connectivity index (χ1) is 27.1. The van der Waals surface area contributed by atoms with Gasteiger partial charge in [-0.3, -0.25) is 24.6 Å². The maximum Gasteiger partial charge on any atom is 0.269 e. The number of anilines is 2. The number of piperidine rings is 2. The Morgan fingerprint density at radius 3 is 2.36 bits per heavy atom. The van der Waals surface area contributed by atoms with E-state index in [0.717, 1.165) is 66.4 Å². The normalized spacial score (nSPS) is 20.9. The van der Waals surface area contributed by atoms with Gasteiger partial charge in [0, 0.05) is 75.5 Å². The maximum absolute atomic E-state index is 13.6. The molecule has 12 nitrogen and oxygen atoms in total. The molecule has 3 saturated heterocycles. The van der Waals surface area contributed by atoms with Gasteiger partial charge >= 0.3 is 0 Å². The van der Waals surface area contributed by atoms with Gasteiger partial charge in [0.2, 0.25) is 17.8 Å². The van der Waals surface area contributed by atoms with Crippen molar-refractivity contribution >= 4 is 45.5 Å². The summed E-state index contributed by atoms with van der Waals surface area (Å²) in [6, 6.07) is 17.2. The largest absolute Gasteiger partial charge is 0.369 e. The molecule has 2 amide bonds. The minimum atomic E-state index is -2.88. The summed E-state index contributed by atoms with van der Waals surface area (Å²) in [5, 5.41) is 6.05. The van der Waals surface area contributed by atoms with Crippen molar-refractivity contribution < 1.29 is 22.6 Å². The Balaban J connectivity index is 0.000000733. The molecule has 2 aromatic carbocycles. The lowest BCUT2D eigenvalue weighted by atomic mass is 9.90. The van der Waals surface area contributed by atoms with Gasteiger partial charge in [0.05, 0.1) is 16.4 Å². The van der Waals surface area contributed by atoms with Gasteiger partial charge in [0.25, 0.3) is 12.0 Å². The van der Waals surface area contributed by atoms with Crippen LogP contribution in [-0.2, 0) is 27.1 Å². The lowest BCUT2D eigenvalue weighted by Crippen LogP contribution is -2.46. The summed E-state index contributed by atoms with van der Waals surface area (Å²) in [5.74, 6) is 0.607. The molecule has 2 unspecified atom stereocenters. The van der Waals surface area contributed by atoms with E-state index in [1.807, 2.05) is 34.6 Å². The van der Waals surface area contributed by atoms with Gasteiger partial charge in [0.15, 0.2) is 0 Å². The van der Waals surface area contributed by atoms with Crippen LogP contribution in [0.15, 0.2) is 70.5 Å². The Labute approximate surface area is 328 Å². The molecule has 3 N–H and O–H groups in total. The van der Waals surface area contributed by atoms with Crippen LogP contribution in [0.25, 0.3) is 11.0 Å². The fourth-order valence-corrected chi connectivity index (χ4v) is 9.28. The molecular weight excluding hydrogens is 739 g/mol. The van der Waals surface area contributed by atoms with Crippen molar-refractivity contribution in [2.24, 2.45) is 5.92 Å². The molecule has 4 aromatic rings. The Kier molecular flexibility index (Phi) is 12.8. The maximum atomic E-state index is 13.6. The summed E-state index contributed by atoms with van der Waals surface area (Å²) < 4.78 is 41.7. The second-order valence-corrected chi connectivity index (χ2v) is 16.8. The second-order valence-electron chi connectivity index (χ2n) is 15.3. The number of rotatable bonds is 9. The lowest BCUT2D eigenvalue weighted by Gasteiger charge is -2.36. The number of H-pyrrole nitrogens is 1. The molecule has 0 radical (unpaired) electrons. The van der Waals surface area contributed by atoms with E-state index in [4.69, 9.17) is 0 Å². The van der Waals surface area contributed by atoms with Crippen LogP contribution >= 0.6 is 0 Å². The van der Waals surface area contributed by atoms with Gasteiger partial charge in [-0.15, -0.1) is 0 Å². The third-order valence-electron chi connectivity index (χ3n) is 11.3. The first kappa shape index (κ1) is 39.6. The van der Waals surface area contributed by atoms with Gasteiger partial charge < -0.3 is 15.2 Å². The molecule has 56 heavy (non-hydrogen) atoms. The van der Waals surface area contributed by atoms with Crippen LogP contribution in [-0.4, -0.2) is 85.5 Å². The lowest BCUT2D eigenvalue weighted by molar-refractivity contribution is -0.134. The standard InChI is InChI=1S/C35H38F2N8O4S.C6H12/c36-31(37)29-19-24-20-38-35(42-32(24)41-34(29)48)39-25-9-11-45(12-10-25)50(49)27-6-1-3-22(17-27)21-43-13-15-44(16-14-43)26-5-2-4-23(18-26)28-7-8-30(46)40-33(28)47;1-6-4-2-3-5-6/h1-6,17-20,25,28,31H,7-16,21H2,(H,40,46,47)(H2,38,39,41,42,48);6H,2-5H2,1H3. The number of fused-ring (bicyclic) bond motifs is 1. The predicted molar refractivity (Wildman–Crippen MR) is 213 cm³/mol. The van der Waals surface area contributed by atoms with Crippen LogP contribution in [0, 0.1) is 5.92 Å². The summed E-state index contributed by atoms with van der Waals surface area (Å²) >= 11 is 0. The third kappa shape index (κ3) is 9.85. The van der Waals surface area contributed by atoms with Crippen LogP contribution < -0.4 is 21.1 Å². The van der Waals surface area contributed by atoms with E-state index in [0.29, 0.717) is 50.1 Å². The number of carbonyl (C=O) groups is 2. The van der Waals surface area contributed by atoms with Gasteiger partial charge in [0.1, 0.15) is 16.6 Å². The molecule has 8 rings (SSSR count). The van der Waals surface area contributed by atoms with Crippen LogP contribution in [0.4, 0.5) is 20.4 Å². The fourth-order valence-electron chi connectivity index (χ4n) is 7.99. The molecule has 0 spiro atoms. The smallest absolute Gasteiger partial charge is 0.269 e. The molecule has 5 heterocycles. The Hall–Kier alpha value is -4.60. The number of carbonyl (C=O) groups excluding carboxylic acids is 2. The van der Waals surface area contributed by atoms with E-state index in [1.54, 1.807) is 0 Å². The molecule has 2 atom stereocenters.